The van der Waals surface area contributed by atoms with Gasteiger partial charge in [0.15, 0.2) is 0 Å². The molecule has 5 nitrogen and oxygen atoms in total. The number of amides is 1. The van der Waals surface area contributed by atoms with Gasteiger partial charge in [-0.3, -0.25) is 9.10 Å². The molecule has 0 aliphatic heterocycles. The molecule has 3 rings (SSSR count). The summed E-state index contributed by atoms with van der Waals surface area (Å²) in [6.07, 6.45) is -4.21. The second-order valence-electron chi connectivity index (χ2n) is 7.43. The lowest BCUT2D eigenvalue weighted by atomic mass is 10.0. The number of hydrogen-bond acceptors (Lipinski definition) is 3. The molecule has 0 saturated heterocycles. The molecule has 0 heterocycles. The predicted octanol–water partition coefficient (Wildman–Crippen LogP) is 5.82. The van der Waals surface area contributed by atoms with E-state index in [1.165, 1.54) is 24.3 Å². The van der Waals surface area contributed by atoms with E-state index >= 15 is 0 Å². The molecule has 1 amide bonds. The summed E-state index contributed by atoms with van der Waals surface area (Å²) in [5.41, 5.74) is -0.715. The molecule has 10 heteroatoms. The summed E-state index contributed by atoms with van der Waals surface area (Å²) in [6.45, 7) is 1.09. The largest absolute Gasteiger partial charge is 0.416 e. The second kappa shape index (κ2) is 10.5. The van der Waals surface area contributed by atoms with Gasteiger partial charge in [-0.1, -0.05) is 67.1 Å². The van der Waals surface area contributed by atoms with Gasteiger partial charge in [0, 0.05) is 0 Å². The minimum Gasteiger partial charge on any atom is -0.348 e. The van der Waals surface area contributed by atoms with Crippen LogP contribution < -0.4 is 9.62 Å². The molecule has 0 aromatic heterocycles. The first kappa shape index (κ1) is 25.6. The lowest BCUT2D eigenvalue weighted by Gasteiger charge is -2.27. The highest BCUT2D eigenvalue weighted by atomic mass is 35.5. The molecule has 34 heavy (non-hydrogen) atoms. The van der Waals surface area contributed by atoms with Gasteiger partial charge in [-0.25, -0.2) is 8.42 Å². The number of sulfonamides is 1. The lowest BCUT2D eigenvalue weighted by molar-refractivity contribution is -0.137. The zero-order valence-electron chi connectivity index (χ0n) is 18.1. The maximum absolute atomic E-state index is 13.4. The maximum Gasteiger partial charge on any atom is 0.416 e. The molecule has 180 valence electrons. The van der Waals surface area contributed by atoms with Crippen LogP contribution in [0.3, 0.4) is 0 Å². The van der Waals surface area contributed by atoms with Gasteiger partial charge in [0.05, 0.1) is 27.2 Å². The Morgan fingerprint density at radius 2 is 1.59 bits per heavy atom. The maximum atomic E-state index is 13.4. The smallest absolute Gasteiger partial charge is 0.348 e. The minimum atomic E-state index is -4.73. The molecule has 0 aliphatic rings. The first-order chi connectivity index (χ1) is 16.0. The van der Waals surface area contributed by atoms with Crippen molar-refractivity contribution in [2.24, 2.45) is 0 Å². The molecule has 0 fully saturated rings. The van der Waals surface area contributed by atoms with Crippen molar-refractivity contribution in [3.63, 3.8) is 0 Å². The van der Waals surface area contributed by atoms with Crippen LogP contribution in [0.25, 0.3) is 0 Å². The standard InChI is InChI=1S/C24H22ClF3N2O3S/c1-2-21(17-9-5-3-6-10-17)29-23(31)16-30(34(32,33)19-11-7-4-8-12-19)22-15-18(24(26,27)28)13-14-20(22)25/h3-15,21H,2,16H2,1H3,(H,29,31)/t21-/m1/s1. The molecule has 0 bridgehead atoms. The highest BCUT2D eigenvalue weighted by molar-refractivity contribution is 7.92. The van der Waals surface area contributed by atoms with Gasteiger partial charge in [0.2, 0.25) is 5.91 Å². The van der Waals surface area contributed by atoms with Crippen LogP contribution in [-0.4, -0.2) is 20.9 Å². The van der Waals surface area contributed by atoms with E-state index in [0.717, 1.165) is 17.7 Å². The number of benzene rings is 3. The van der Waals surface area contributed by atoms with Crippen LogP contribution in [0.5, 0.6) is 0 Å². The van der Waals surface area contributed by atoms with Crippen molar-refractivity contribution in [2.45, 2.75) is 30.5 Å². The van der Waals surface area contributed by atoms with Crippen molar-refractivity contribution in [3.8, 4) is 0 Å². The van der Waals surface area contributed by atoms with E-state index < -0.39 is 45.9 Å². The number of nitrogens with zero attached hydrogens (tertiary/aromatic N) is 1. The Morgan fingerprint density at radius 1 is 1.00 bits per heavy atom. The van der Waals surface area contributed by atoms with E-state index in [4.69, 9.17) is 11.6 Å². The normalized spacial score (nSPS) is 12.7. The van der Waals surface area contributed by atoms with Crippen molar-refractivity contribution in [2.75, 3.05) is 10.8 Å². The highest BCUT2D eigenvalue weighted by Crippen LogP contribution is 2.37. The Labute approximate surface area is 201 Å². The van der Waals surface area contributed by atoms with Gasteiger partial charge in [-0.15, -0.1) is 0 Å². The molecule has 0 unspecified atom stereocenters. The monoisotopic (exact) mass is 510 g/mol. The second-order valence-corrected chi connectivity index (χ2v) is 9.70. The number of carbonyl (C=O) groups is 1. The Bertz CT molecular complexity index is 1240. The molecule has 1 N–H and O–H groups in total. The first-order valence-electron chi connectivity index (χ1n) is 10.3. The molecule has 3 aromatic carbocycles. The van der Waals surface area contributed by atoms with Gasteiger partial charge in [-0.05, 0) is 42.3 Å². The van der Waals surface area contributed by atoms with Crippen LogP contribution in [-0.2, 0) is 21.0 Å². The average molecular weight is 511 g/mol. The Balaban J connectivity index is 2.02. The summed E-state index contributed by atoms with van der Waals surface area (Å²) < 4.78 is 67.5. The topological polar surface area (TPSA) is 66.5 Å². The van der Waals surface area contributed by atoms with Crippen molar-refractivity contribution >= 4 is 33.2 Å². The third-order valence-corrected chi connectivity index (χ3v) is 7.20. The Morgan fingerprint density at radius 3 is 2.15 bits per heavy atom. The fraction of sp³-hybridized carbons (Fsp3) is 0.208. The number of halogens is 4. The quantitative estimate of drug-likeness (QED) is 0.415. The average Bonchev–Trinajstić information content (AvgIpc) is 2.82. The Hall–Kier alpha value is -3.04. The first-order valence-corrected chi connectivity index (χ1v) is 12.1. The summed E-state index contributed by atoms with van der Waals surface area (Å²) in [5, 5.41) is 2.52. The molecular formula is C24H22ClF3N2O3S. The molecule has 0 saturated carbocycles. The van der Waals surface area contributed by atoms with E-state index in [9.17, 15) is 26.4 Å². The summed E-state index contributed by atoms with van der Waals surface area (Å²) in [6, 6.07) is 18.1. The van der Waals surface area contributed by atoms with Gasteiger partial charge in [-0.2, -0.15) is 13.2 Å². The SMILES string of the molecule is CC[C@@H](NC(=O)CN(c1cc(C(F)(F)F)ccc1Cl)S(=O)(=O)c1ccccc1)c1ccccc1. The van der Waals surface area contributed by atoms with E-state index in [0.29, 0.717) is 16.8 Å². The zero-order chi connectivity index (χ0) is 24.9. The summed E-state index contributed by atoms with van der Waals surface area (Å²) in [4.78, 5) is 12.8. The summed E-state index contributed by atoms with van der Waals surface area (Å²) in [5.74, 6) is -0.691. The number of hydrogen-bond donors (Lipinski definition) is 1. The minimum absolute atomic E-state index is 0.189. The third kappa shape index (κ3) is 5.90. The molecule has 0 radical (unpaired) electrons. The molecule has 0 aliphatic carbocycles. The van der Waals surface area contributed by atoms with E-state index in [2.05, 4.69) is 5.32 Å². The van der Waals surface area contributed by atoms with Crippen LogP contribution in [0, 0.1) is 0 Å². The van der Waals surface area contributed by atoms with E-state index in [-0.39, 0.29) is 9.92 Å². The van der Waals surface area contributed by atoms with Crippen molar-refractivity contribution in [1.29, 1.82) is 0 Å². The molecular weight excluding hydrogens is 489 g/mol. The fourth-order valence-corrected chi connectivity index (χ4v) is 5.10. The van der Waals surface area contributed by atoms with Crippen LogP contribution in [0.1, 0.15) is 30.5 Å². The van der Waals surface area contributed by atoms with Gasteiger partial charge >= 0.3 is 6.18 Å². The zero-order valence-corrected chi connectivity index (χ0v) is 19.7. The molecule has 3 aromatic rings. The Kier molecular flexibility index (Phi) is 7.89. The molecule has 0 spiro atoms. The van der Waals surface area contributed by atoms with Crippen LogP contribution in [0.4, 0.5) is 18.9 Å². The van der Waals surface area contributed by atoms with Crippen LogP contribution >= 0.6 is 11.6 Å². The summed E-state index contributed by atoms with van der Waals surface area (Å²) >= 11 is 6.14. The lowest BCUT2D eigenvalue weighted by Crippen LogP contribution is -2.42. The van der Waals surface area contributed by atoms with Crippen LogP contribution in [0.15, 0.2) is 83.8 Å². The number of alkyl halides is 3. The number of anilines is 1. The van der Waals surface area contributed by atoms with E-state index in [1.807, 2.05) is 25.1 Å². The number of carbonyl (C=O) groups excluding carboxylic acids is 1. The van der Waals surface area contributed by atoms with Crippen molar-refractivity contribution < 1.29 is 26.4 Å². The van der Waals surface area contributed by atoms with Crippen LogP contribution in [0.2, 0.25) is 5.02 Å². The van der Waals surface area contributed by atoms with Crippen molar-refractivity contribution in [3.05, 3.63) is 95.0 Å². The highest BCUT2D eigenvalue weighted by Gasteiger charge is 2.34. The predicted molar refractivity (Wildman–Crippen MR) is 125 cm³/mol. The fourth-order valence-electron chi connectivity index (χ4n) is 3.38. The van der Waals surface area contributed by atoms with Gasteiger partial charge < -0.3 is 5.32 Å². The van der Waals surface area contributed by atoms with Gasteiger partial charge in [0.25, 0.3) is 10.0 Å². The summed E-state index contributed by atoms with van der Waals surface area (Å²) in [7, 11) is -4.42. The van der Waals surface area contributed by atoms with Crippen molar-refractivity contribution in [1.82, 2.24) is 5.32 Å². The molecule has 1 atom stereocenters. The number of rotatable bonds is 8. The van der Waals surface area contributed by atoms with E-state index in [1.54, 1.807) is 18.2 Å². The van der Waals surface area contributed by atoms with Gasteiger partial charge in [0.1, 0.15) is 6.54 Å². The number of nitrogens with one attached hydrogen (secondary N) is 1. The third-order valence-electron chi connectivity index (χ3n) is 5.11.